The number of halogens is 1. The fourth-order valence-corrected chi connectivity index (χ4v) is 2.59. The highest BCUT2D eigenvalue weighted by atomic mass is 35.5. The van der Waals surface area contributed by atoms with Crippen LogP contribution < -0.4 is 5.32 Å². The molecule has 0 radical (unpaired) electrons. The van der Waals surface area contributed by atoms with E-state index in [1.165, 1.54) is 25.7 Å². The van der Waals surface area contributed by atoms with Crippen molar-refractivity contribution >= 4 is 12.4 Å². The summed E-state index contributed by atoms with van der Waals surface area (Å²) < 4.78 is 0. The van der Waals surface area contributed by atoms with Crippen LogP contribution in [0.5, 0.6) is 0 Å². The molecule has 2 atom stereocenters. The maximum atomic E-state index is 8.79. The van der Waals surface area contributed by atoms with Crippen LogP contribution in [0.15, 0.2) is 0 Å². The molecule has 0 spiro atoms. The minimum atomic E-state index is 0. The van der Waals surface area contributed by atoms with Crippen molar-refractivity contribution in [3.8, 4) is 0 Å². The third-order valence-corrected chi connectivity index (χ3v) is 3.11. The lowest BCUT2D eigenvalue weighted by atomic mass is 9.90. The van der Waals surface area contributed by atoms with Crippen LogP contribution in [0, 0.1) is 5.92 Å². The first-order valence-corrected chi connectivity index (χ1v) is 4.75. The molecule has 2 rings (SSSR count). The SMILES string of the molecule is Cl.OCCC1CC2CCC(C1)N2. The Morgan fingerprint density at radius 3 is 2.25 bits per heavy atom. The molecule has 2 nitrogen and oxygen atoms in total. The monoisotopic (exact) mass is 191 g/mol. The van der Waals surface area contributed by atoms with Gasteiger partial charge in [0.2, 0.25) is 0 Å². The van der Waals surface area contributed by atoms with Crippen molar-refractivity contribution in [2.45, 2.75) is 44.2 Å². The molecule has 0 aromatic heterocycles. The molecule has 72 valence electrons. The highest BCUT2D eigenvalue weighted by Gasteiger charge is 2.32. The molecular weight excluding hydrogens is 174 g/mol. The number of hydrogen-bond donors (Lipinski definition) is 2. The van der Waals surface area contributed by atoms with Gasteiger partial charge in [-0.25, -0.2) is 0 Å². The molecule has 2 unspecified atom stereocenters. The van der Waals surface area contributed by atoms with Gasteiger partial charge in [0.15, 0.2) is 0 Å². The molecule has 0 aromatic carbocycles. The Kier molecular flexibility index (Phi) is 3.81. The van der Waals surface area contributed by atoms with Crippen LogP contribution >= 0.6 is 12.4 Å². The molecule has 2 heterocycles. The Labute approximate surface area is 80.1 Å². The highest BCUT2D eigenvalue weighted by Crippen LogP contribution is 2.32. The normalized spacial score (nSPS) is 39.2. The summed E-state index contributed by atoms with van der Waals surface area (Å²) in [6.07, 6.45) is 6.36. The molecule has 2 fully saturated rings. The minimum absolute atomic E-state index is 0. The van der Waals surface area contributed by atoms with E-state index in [-0.39, 0.29) is 12.4 Å². The fraction of sp³-hybridized carbons (Fsp3) is 1.00. The number of rotatable bonds is 2. The molecule has 2 aliphatic heterocycles. The molecule has 0 saturated carbocycles. The van der Waals surface area contributed by atoms with Gasteiger partial charge in [-0.1, -0.05) is 0 Å². The van der Waals surface area contributed by atoms with Crippen LogP contribution in [0.1, 0.15) is 32.1 Å². The summed E-state index contributed by atoms with van der Waals surface area (Å²) in [7, 11) is 0. The zero-order chi connectivity index (χ0) is 7.68. The predicted molar refractivity (Wildman–Crippen MR) is 51.6 cm³/mol. The Balaban J connectivity index is 0.000000720. The first-order valence-electron chi connectivity index (χ1n) is 4.75. The van der Waals surface area contributed by atoms with Gasteiger partial charge in [0.05, 0.1) is 0 Å². The fourth-order valence-electron chi connectivity index (χ4n) is 2.59. The Morgan fingerprint density at radius 1 is 1.17 bits per heavy atom. The number of piperidine rings is 1. The Bertz CT molecular complexity index is 130. The lowest BCUT2D eigenvalue weighted by Gasteiger charge is -2.28. The van der Waals surface area contributed by atoms with Crippen molar-refractivity contribution in [2.75, 3.05) is 6.61 Å². The summed E-state index contributed by atoms with van der Waals surface area (Å²) in [6, 6.07) is 1.57. The van der Waals surface area contributed by atoms with Gasteiger partial charge in [-0.3, -0.25) is 0 Å². The number of aliphatic hydroxyl groups excluding tert-OH is 1. The number of hydrogen-bond acceptors (Lipinski definition) is 2. The number of nitrogens with one attached hydrogen (secondary N) is 1. The summed E-state index contributed by atoms with van der Waals surface area (Å²) in [6.45, 7) is 0.379. The van der Waals surface area contributed by atoms with Gasteiger partial charge in [0.25, 0.3) is 0 Å². The zero-order valence-electron chi connectivity index (χ0n) is 7.33. The molecule has 0 aromatic rings. The van der Waals surface area contributed by atoms with E-state index >= 15 is 0 Å². The average Bonchev–Trinajstić information content (AvgIpc) is 2.32. The summed E-state index contributed by atoms with van der Waals surface area (Å²) in [4.78, 5) is 0. The second-order valence-corrected chi connectivity index (χ2v) is 3.99. The van der Waals surface area contributed by atoms with Gasteiger partial charge in [-0.05, 0) is 38.0 Å². The third-order valence-electron chi connectivity index (χ3n) is 3.11. The van der Waals surface area contributed by atoms with Gasteiger partial charge in [0.1, 0.15) is 0 Å². The van der Waals surface area contributed by atoms with Crippen molar-refractivity contribution in [3.63, 3.8) is 0 Å². The summed E-state index contributed by atoms with van der Waals surface area (Å²) >= 11 is 0. The molecule has 3 heteroatoms. The maximum Gasteiger partial charge on any atom is 0.0433 e. The lowest BCUT2D eigenvalue weighted by Crippen LogP contribution is -2.38. The lowest BCUT2D eigenvalue weighted by molar-refractivity contribution is 0.214. The smallest absolute Gasteiger partial charge is 0.0433 e. The Hall–Kier alpha value is 0.210. The molecule has 2 saturated heterocycles. The van der Waals surface area contributed by atoms with E-state index in [0.717, 1.165) is 24.4 Å². The van der Waals surface area contributed by atoms with Crippen LogP contribution in [0.25, 0.3) is 0 Å². The van der Waals surface area contributed by atoms with E-state index in [9.17, 15) is 0 Å². The molecule has 2 aliphatic rings. The number of aliphatic hydroxyl groups is 1. The largest absolute Gasteiger partial charge is 0.396 e. The van der Waals surface area contributed by atoms with Crippen molar-refractivity contribution < 1.29 is 5.11 Å². The van der Waals surface area contributed by atoms with E-state index in [0.29, 0.717) is 6.61 Å². The molecule has 0 aliphatic carbocycles. The van der Waals surface area contributed by atoms with Gasteiger partial charge in [-0.15, -0.1) is 12.4 Å². The van der Waals surface area contributed by atoms with Gasteiger partial charge < -0.3 is 10.4 Å². The topological polar surface area (TPSA) is 32.3 Å². The molecule has 12 heavy (non-hydrogen) atoms. The van der Waals surface area contributed by atoms with Gasteiger partial charge in [0, 0.05) is 18.7 Å². The van der Waals surface area contributed by atoms with Crippen molar-refractivity contribution in [1.29, 1.82) is 0 Å². The van der Waals surface area contributed by atoms with Crippen LogP contribution in [0.2, 0.25) is 0 Å². The maximum absolute atomic E-state index is 8.79. The van der Waals surface area contributed by atoms with Crippen molar-refractivity contribution in [2.24, 2.45) is 5.92 Å². The van der Waals surface area contributed by atoms with Crippen molar-refractivity contribution in [3.05, 3.63) is 0 Å². The van der Waals surface area contributed by atoms with Crippen LogP contribution in [0.3, 0.4) is 0 Å². The number of fused-ring (bicyclic) bond motifs is 2. The quantitative estimate of drug-likeness (QED) is 0.690. The van der Waals surface area contributed by atoms with Crippen LogP contribution in [-0.2, 0) is 0 Å². The standard InChI is InChI=1S/C9H17NO.ClH/c11-4-3-7-5-8-1-2-9(6-7)10-8;/h7-11H,1-6H2;1H. The summed E-state index contributed by atoms with van der Waals surface area (Å²) in [5, 5.41) is 12.4. The van der Waals surface area contributed by atoms with Crippen LogP contribution in [0.4, 0.5) is 0 Å². The van der Waals surface area contributed by atoms with E-state index in [2.05, 4.69) is 5.32 Å². The molecule has 0 amide bonds. The average molecular weight is 192 g/mol. The first kappa shape index (κ1) is 10.3. The molecular formula is C9H18ClNO. The zero-order valence-corrected chi connectivity index (χ0v) is 8.15. The van der Waals surface area contributed by atoms with E-state index in [4.69, 9.17) is 5.11 Å². The van der Waals surface area contributed by atoms with Crippen LogP contribution in [-0.4, -0.2) is 23.8 Å². The van der Waals surface area contributed by atoms with E-state index in [1.54, 1.807) is 0 Å². The van der Waals surface area contributed by atoms with E-state index in [1.807, 2.05) is 0 Å². The van der Waals surface area contributed by atoms with Gasteiger partial charge >= 0.3 is 0 Å². The van der Waals surface area contributed by atoms with Crippen molar-refractivity contribution in [1.82, 2.24) is 5.32 Å². The first-order chi connectivity index (χ1) is 5.38. The summed E-state index contributed by atoms with van der Waals surface area (Å²) in [5.41, 5.74) is 0. The highest BCUT2D eigenvalue weighted by molar-refractivity contribution is 5.85. The molecule has 2 bridgehead atoms. The molecule has 2 N–H and O–H groups in total. The van der Waals surface area contributed by atoms with E-state index < -0.39 is 0 Å². The second-order valence-electron chi connectivity index (χ2n) is 3.99. The summed E-state index contributed by atoms with van der Waals surface area (Å²) in [5.74, 6) is 0.804. The predicted octanol–water partition coefficient (Wildman–Crippen LogP) is 1.32. The third kappa shape index (κ3) is 2.12. The second kappa shape index (κ2) is 4.45. The minimum Gasteiger partial charge on any atom is -0.396 e. The Morgan fingerprint density at radius 2 is 1.75 bits per heavy atom. The van der Waals surface area contributed by atoms with Gasteiger partial charge in [-0.2, -0.15) is 0 Å².